The summed E-state index contributed by atoms with van der Waals surface area (Å²) in [5.74, 6) is 0.640. The third kappa shape index (κ3) is 3.36. The molecule has 0 spiro atoms. The third-order valence-electron chi connectivity index (χ3n) is 1.87. The van der Waals surface area contributed by atoms with E-state index in [9.17, 15) is 9.90 Å². The van der Waals surface area contributed by atoms with Crippen LogP contribution in [0.2, 0.25) is 0 Å². The number of rotatable bonds is 4. The SMILES string of the molecule is CSCCNC(=O)c1cc(O)ccc1N. The zero-order valence-electron chi connectivity index (χ0n) is 8.49. The van der Waals surface area contributed by atoms with Crippen LogP contribution in [-0.2, 0) is 0 Å². The average Bonchev–Trinajstić information content (AvgIpc) is 2.22. The van der Waals surface area contributed by atoms with Crippen molar-refractivity contribution in [1.82, 2.24) is 5.32 Å². The Labute approximate surface area is 92.9 Å². The van der Waals surface area contributed by atoms with Gasteiger partial charge in [-0.2, -0.15) is 11.8 Å². The van der Waals surface area contributed by atoms with Crippen molar-refractivity contribution in [2.75, 3.05) is 24.3 Å². The van der Waals surface area contributed by atoms with Crippen LogP contribution in [-0.4, -0.2) is 29.6 Å². The Morgan fingerprint density at radius 1 is 1.60 bits per heavy atom. The maximum Gasteiger partial charge on any atom is 0.253 e. The summed E-state index contributed by atoms with van der Waals surface area (Å²) in [6.07, 6.45) is 1.97. The van der Waals surface area contributed by atoms with Crippen LogP contribution >= 0.6 is 11.8 Å². The van der Waals surface area contributed by atoms with Gasteiger partial charge in [0.25, 0.3) is 5.91 Å². The highest BCUT2D eigenvalue weighted by atomic mass is 32.2. The predicted octanol–water partition coefficient (Wildman–Crippen LogP) is 1.07. The molecular formula is C10H14N2O2S. The smallest absolute Gasteiger partial charge is 0.253 e. The second-order valence-corrected chi connectivity index (χ2v) is 4.01. The molecule has 82 valence electrons. The monoisotopic (exact) mass is 226 g/mol. The normalized spacial score (nSPS) is 9.93. The third-order valence-corrected chi connectivity index (χ3v) is 2.49. The van der Waals surface area contributed by atoms with E-state index >= 15 is 0 Å². The van der Waals surface area contributed by atoms with E-state index in [2.05, 4.69) is 5.32 Å². The van der Waals surface area contributed by atoms with Crippen LogP contribution < -0.4 is 11.1 Å². The number of thioether (sulfide) groups is 1. The second kappa shape index (κ2) is 5.50. The minimum absolute atomic E-state index is 0.0409. The van der Waals surface area contributed by atoms with Crippen LogP contribution in [0, 0.1) is 0 Å². The maximum absolute atomic E-state index is 11.6. The molecule has 0 radical (unpaired) electrons. The first-order valence-corrected chi connectivity index (χ1v) is 5.90. The quantitative estimate of drug-likeness (QED) is 0.408. The lowest BCUT2D eigenvalue weighted by molar-refractivity contribution is 0.0956. The molecule has 0 heterocycles. The van der Waals surface area contributed by atoms with Gasteiger partial charge in [-0.05, 0) is 24.5 Å². The van der Waals surface area contributed by atoms with Crippen LogP contribution in [0.3, 0.4) is 0 Å². The highest BCUT2D eigenvalue weighted by Gasteiger charge is 2.09. The average molecular weight is 226 g/mol. The molecule has 15 heavy (non-hydrogen) atoms. The van der Waals surface area contributed by atoms with E-state index in [0.717, 1.165) is 5.75 Å². The van der Waals surface area contributed by atoms with E-state index in [1.54, 1.807) is 11.8 Å². The summed E-state index contributed by atoms with van der Waals surface area (Å²) in [5, 5.41) is 11.9. The number of nitrogen functional groups attached to an aromatic ring is 1. The standard InChI is InChI=1S/C10H14N2O2S/c1-15-5-4-12-10(14)8-6-7(13)2-3-9(8)11/h2-3,6,13H,4-5,11H2,1H3,(H,12,14). The highest BCUT2D eigenvalue weighted by molar-refractivity contribution is 7.98. The zero-order chi connectivity index (χ0) is 11.3. The first kappa shape index (κ1) is 11.7. The van der Waals surface area contributed by atoms with Crippen molar-refractivity contribution in [3.05, 3.63) is 23.8 Å². The van der Waals surface area contributed by atoms with E-state index in [1.165, 1.54) is 18.2 Å². The second-order valence-electron chi connectivity index (χ2n) is 3.02. The van der Waals surface area contributed by atoms with E-state index in [1.807, 2.05) is 6.26 Å². The Kier molecular flexibility index (Phi) is 4.30. The summed E-state index contributed by atoms with van der Waals surface area (Å²) in [6, 6.07) is 4.33. The van der Waals surface area contributed by atoms with Crippen LogP contribution in [0.25, 0.3) is 0 Å². The fraction of sp³-hybridized carbons (Fsp3) is 0.300. The number of amides is 1. The van der Waals surface area contributed by atoms with Crippen LogP contribution in [0.4, 0.5) is 5.69 Å². The molecule has 0 aliphatic carbocycles. The first-order chi connectivity index (χ1) is 7.15. The zero-order valence-corrected chi connectivity index (χ0v) is 9.30. The summed E-state index contributed by atoms with van der Waals surface area (Å²) in [4.78, 5) is 11.6. The largest absolute Gasteiger partial charge is 0.508 e. The summed E-state index contributed by atoms with van der Waals surface area (Å²) in [5.41, 5.74) is 6.30. The number of nitrogens with two attached hydrogens (primary N) is 1. The number of anilines is 1. The number of carbonyl (C=O) groups excluding carboxylic acids is 1. The van der Waals surface area contributed by atoms with Gasteiger partial charge in [0.05, 0.1) is 5.56 Å². The minimum Gasteiger partial charge on any atom is -0.508 e. The molecule has 0 unspecified atom stereocenters. The molecule has 1 aromatic rings. The van der Waals surface area contributed by atoms with Crippen molar-refractivity contribution in [1.29, 1.82) is 0 Å². The minimum atomic E-state index is -0.252. The molecule has 0 aliphatic heterocycles. The van der Waals surface area contributed by atoms with Crippen molar-refractivity contribution >= 4 is 23.4 Å². The molecule has 4 nitrogen and oxygen atoms in total. The Bertz CT molecular complexity index is 355. The van der Waals surface area contributed by atoms with E-state index in [-0.39, 0.29) is 11.7 Å². The first-order valence-electron chi connectivity index (χ1n) is 4.50. The molecule has 1 aromatic carbocycles. The molecule has 4 N–H and O–H groups in total. The van der Waals surface area contributed by atoms with Gasteiger partial charge < -0.3 is 16.2 Å². The van der Waals surface area contributed by atoms with Gasteiger partial charge in [0, 0.05) is 18.0 Å². The molecule has 0 aliphatic rings. The van der Waals surface area contributed by atoms with Crippen LogP contribution in [0.1, 0.15) is 10.4 Å². The molecule has 1 amide bonds. The Balaban J connectivity index is 2.68. The van der Waals surface area contributed by atoms with Crippen molar-refractivity contribution in [3.63, 3.8) is 0 Å². The van der Waals surface area contributed by atoms with Crippen LogP contribution in [0.15, 0.2) is 18.2 Å². The number of hydrogen-bond donors (Lipinski definition) is 3. The van der Waals surface area contributed by atoms with Gasteiger partial charge in [-0.3, -0.25) is 4.79 Å². The summed E-state index contributed by atoms with van der Waals surface area (Å²) >= 11 is 1.65. The molecule has 0 aromatic heterocycles. The maximum atomic E-state index is 11.6. The van der Waals surface area contributed by atoms with Gasteiger partial charge >= 0.3 is 0 Å². The van der Waals surface area contributed by atoms with E-state index in [4.69, 9.17) is 5.73 Å². The van der Waals surface area contributed by atoms with Gasteiger partial charge in [-0.1, -0.05) is 0 Å². The number of hydrogen-bond acceptors (Lipinski definition) is 4. The van der Waals surface area contributed by atoms with E-state index < -0.39 is 0 Å². The van der Waals surface area contributed by atoms with Crippen molar-refractivity contribution in [2.45, 2.75) is 0 Å². The predicted molar refractivity (Wildman–Crippen MR) is 63.2 cm³/mol. The molecule has 0 fully saturated rings. The molecule has 0 saturated carbocycles. The number of aromatic hydroxyl groups is 1. The van der Waals surface area contributed by atoms with Crippen molar-refractivity contribution in [2.24, 2.45) is 0 Å². The lowest BCUT2D eigenvalue weighted by Gasteiger charge is -2.07. The van der Waals surface area contributed by atoms with Gasteiger partial charge in [-0.25, -0.2) is 0 Å². The number of benzene rings is 1. The molecule has 0 atom stereocenters. The summed E-state index contributed by atoms with van der Waals surface area (Å²) in [6.45, 7) is 0.592. The molecule has 1 rings (SSSR count). The molecule has 0 bridgehead atoms. The number of phenols is 1. The number of phenolic OH excluding ortho intramolecular Hbond substituents is 1. The Morgan fingerprint density at radius 3 is 3.00 bits per heavy atom. The molecule has 5 heteroatoms. The fourth-order valence-corrected chi connectivity index (χ4v) is 1.41. The summed E-state index contributed by atoms with van der Waals surface area (Å²) in [7, 11) is 0. The van der Waals surface area contributed by atoms with E-state index in [0.29, 0.717) is 17.8 Å². The molecular weight excluding hydrogens is 212 g/mol. The lowest BCUT2D eigenvalue weighted by Crippen LogP contribution is -2.26. The topological polar surface area (TPSA) is 75.3 Å². The highest BCUT2D eigenvalue weighted by Crippen LogP contribution is 2.18. The van der Waals surface area contributed by atoms with Gasteiger partial charge in [0.1, 0.15) is 5.75 Å². The number of carbonyl (C=O) groups is 1. The van der Waals surface area contributed by atoms with Gasteiger partial charge in [0.2, 0.25) is 0 Å². The molecule has 0 saturated heterocycles. The number of nitrogens with one attached hydrogen (secondary N) is 1. The fourth-order valence-electron chi connectivity index (χ4n) is 1.10. The van der Waals surface area contributed by atoms with Crippen molar-refractivity contribution < 1.29 is 9.90 Å². The van der Waals surface area contributed by atoms with Crippen LogP contribution in [0.5, 0.6) is 5.75 Å². The van der Waals surface area contributed by atoms with Gasteiger partial charge in [0.15, 0.2) is 0 Å². The lowest BCUT2D eigenvalue weighted by atomic mass is 10.1. The van der Waals surface area contributed by atoms with Gasteiger partial charge in [-0.15, -0.1) is 0 Å². The Morgan fingerprint density at radius 2 is 2.33 bits per heavy atom. The summed E-state index contributed by atoms with van der Waals surface area (Å²) < 4.78 is 0. The van der Waals surface area contributed by atoms with Crippen molar-refractivity contribution in [3.8, 4) is 5.75 Å². The Hall–Kier alpha value is -1.36.